The van der Waals surface area contributed by atoms with E-state index < -0.39 is 0 Å². The van der Waals surface area contributed by atoms with Gasteiger partial charge in [0.2, 0.25) is 0 Å². The van der Waals surface area contributed by atoms with Gasteiger partial charge >= 0.3 is 5.97 Å². The molecule has 1 aliphatic carbocycles. The molecule has 0 amide bonds. The van der Waals surface area contributed by atoms with Crippen LogP contribution in [-0.2, 0) is 9.53 Å². The molecule has 2 nitrogen and oxygen atoms in total. The van der Waals surface area contributed by atoms with Crippen LogP contribution in [0.5, 0.6) is 0 Å². The van der Waals surface area contributed by atoms with E-state index in [9.17, 15) is 4.79 Å². The molecule has 2 unspecified atom stereocenters. The van der Waals surface area contributed by atoms with Gasteiger partial charge in [-0.1, -0.05) is 32.4 Å². The van der Waals surface area contributed by atoms with Crippen LogP contribution in [0.1, 0.15) is 64.5 Å². The summed E-state index contributed by atoms with van der Waals surface area (Å²) < 4.78 is 5.67. The minimum atomic E-state index is -0.186. The molecule has 0 aromatic heterocycles. The molecule has 0 heterocycles. The normalized spacial score (nSPS) is 24.5. The second kappa shape index (κ2) is 8.05. The van der Waals surface area contributed by atoms with Crippen molar-refractivity contribution in [2.24, 2.45) is 17.8 Å². The Bertz CT molecular complexity index is 475. The largest absolute Gasteiger partial charge is 0.458 e. The Morgan fingerprint density at radius 3 is 2.32 bits per heavy atom. The number of ether oxygens (including phenoxy) is 1. The highest BCUT2D eigenvalue weighted by atomic mass is 32.1. The fourth-order valence-electron chi connectivity index (χ4n) is 3.34. The average molecular weight is 320 g/mol. The molecule has 122 valence electrons. The summed E-state index contributed by atoms with van der Waals surface area (Å²) in [5.41, 5.74) is 1.03. The molecule has 22 heavy (non-hydrogen) atoms. The van der Waals surface area contributed by atoms with Crippen molar-refractivity contribution in [1.29, 1.82) is 0 Å². The summed E-state index contributed by atoms with van der Waals surface area (Å²) >= 11 is 4.28. The summed E-state index contributed by atoms with van der Waals surface area (Å²) in [4.78, 5) is 13.3. The molecular weight excluding hydrogens is 292 g/mol. The summed E-state index contributed by atoms with van der Waals surface area (Å²) in [6, 6.07) is 7.81. The Kier molecular flexibility index (Phi) is 6.37. The zero-order valence-electron chi connectivity index (χ0n) is 13.9. The Morgan fingerprint density at radius 2 is 1.77 bits per heavy atom. The molecule has 3 heteroatoms. The second-order valence-corrected chi connectivity index (χ2v) is 7.18. The first kappa shape index (κ1) is 17.4. The maximum Gasteiger partial charge on any atom is 0.309 e. The van der Waals surface area contributed by atoms with E-state index in [0.717, 1.165) is 48.0 Å². The standard InChI is InChI=1S/C19H28O2S/c1-4-13(2)15-5-7-17(8-6-15)19(20)21-14(3)16-9-11-18(22)12-10-16/h9-15,17,22H,4-8H2,1-3H3. The van der Waals surface area contributed by atoms with E-state index in [1.165, 1.54) is 6.42 Å². The molecule has 0 spiro atoms. The van der Waals surface area contributed by atoms with Gasteiger partial charge in [-0.2, -0.15) is 0 Å². The molecule has 0 radical (unpaired) electrons. The molecule has 1 aromatic rings. The van der Waals surface area contributed by atoms with Crippen molar-refractivity contribution in [2.45, 2.75) is 63.9 Å². The van der Waals surface area contributed by atoms with Crippen LogP contribution < -0.4 is 0 Å². The van der Waals surface area contributed by atoms with E-state index in [1.54, 1.807) is 0 Å². The summed E-state index contributed by atoms with van der Waals surface area (Å²) in [5.74, 6) is 1.63. The average Bonchev–Trinajstić information content (AvgIpc) is 2.54. The molecule has 1 saturated carbocycles. The van der Waals surface area contributed by atoms with Gasteiger partial charge in [-0.15, -0.1) is 12.6 Å². The first-order valence-corrected chi connectivity index (χ1v) is 8.95. The number of hydrogen-bond donors (Lipinski definition) is 1. The summed E-state index contributed by atoms with van der Waals surface area (Å²) in [6.45, 7) is 6.52. The number of esters is 1. The van der Waals surface area contributed by atoms with E-state index in [-0.39, 0.29) is 18.0 Å². The van der Waals surface area contributed by atoms with Crippen molar-refractivity contribution < 1.29 is 9.53 Å². The highest BCUT2D eigenvalue weighted by Crippen LogP contribution is 2.35. The third kappa shape index (κ3) is 4.52. The van der Waals surface area contributed by atoms with E-state index in [0.29, 0.717) is 0 Å². The van der Waals surface area contributed by atoms with Crippen LogP contribution in [-0.4, -0.2) is 5.97 Å². The van der Waals surface area contributed by atoms with Crippen LogP contribution in [0.3, 0.4) is 0 Å². The molecule has 1 aliphatic rings. The molecule has 0 bridgehead atoms. The fourth-order valence-corrected chi connectivity index (χ4v) is 3.49. The monoisotopic (exact) mass is 320 g/mol. The molecule has 2 rings (SSSR count). The van der Waals surface area contributed by atoms with Gasteiger partial charge in [0.1, 0.15) is 6.10 Å². The lowest BCUT2D eigenvalue weighted by atomic mass is 9.75. The van der Waals surface area contributed by atoms with Gasteiger partial charge in [0.25, 0.3) is 0 Å². The van der Waals surface area contributed by atoms with E-state index in [4.69, 9.17) is 4.74 Å². The van der Waals surface area contributed by atoms with Gasteiger partial charge in [0.05, 0.1) is 5.92 Å². The van der Waals surface area contributed by atoms with Crippen molar-refractivity contribution in [3.05, 3.63) is 29.8 Å². The number of hydrogen-bond acceptors (Lipinski definition) is 3. The predicted molar refractivity (Wildman–Crippen MR) is 93.1 cm³/mol. The van der Waals surface area contributed by atoms with Crippen LogP contribution in [0.2, 0.25) is 0 Å². The van der Waals surface area contributed by atoms with Crippen molar-refractivity contribution >= 4 is 18.6 Å². The molecule has 1 aromatic carbocycles. The first-order chi connectivity index (χ1) is 10.5. The molecule has 1 fully saturated rings. The number of rotatable bonds is 5. The zero-order chi connectivity index (χ0) is 16.1. The minimum absolute atomic E-state index is 0.0231. The maximum absolute atomic E-state index is 12.4. The highest BCUT2D eigenvalue weighted by Gasteiger charge is 2.30. The lowest BCUT2D eigenvalue weighted by Crippen LogP contribution is -2.26. The third-order valence-electron chi connectivity index (χ3n) is 5.21. The molecule has 0 aliphatic heterocycles. The van der Waals surface area contributed by atoms with Crippen molar-refractivity contribution in [3.63, 3.8) is 0 Å². The lowest BCUT2D eigenvalue weighted by molar-refractivity contribution is -0.155. The van der Waals surface area contributed by atoms with Crippen LogP contribution in [0, 0.1) is 17.8 Å². The molecule has 2 atom stereocenters. The van der Waals surface area contributed by atoms with Gasteiger partial charge in [-0.05, 0) is 62.1 Å². The first-order valence-electron chi connectivity index (χ1n) is 8.50. The van der Waals surface area contributed by atoms with Gasteiger partial charge in [-0.3, -0.25) is 4.79 Å². The molecule has 0 N–H and O–H groups in total. The SMILES string of the molecule is CCC(C)C1CCC(C(=O)OC(C)c2ccc(S)cc2)CC1. The van der Waals surface area contributed by atoms with Crippen LogP contribution >= 0.6 is 12.6 Å². The highest BCUT2D eigenvalue weighted by molar-refractivity contribution is 7.80. The Morgan fingerprint density at radius 1 is 1.18 bits per heavy atom. The number of thiol groups is 1. The molecular formula is C19H28O2S. The van der Waals surface area contributed by atoms with E-state index >= 15 is 0 Å². The smallest absolute Gasteiger partial charge is 0.309 e. The quantitative estimate of drug-likeness (QED) is 0.578. The number of benzene rings is 1. The Hall–Kier alpha value is -0.960. The van der Waals surface area contributed by atoms with Crippen molar-refractivity contribution in [2.75, 3.05) is 0 Å². The zero-order valence-corrected chi connectivity index (χ0v) is 14.8. The maximum atomic E-state index is 12.4. The summed E-state index contributed by atoms with van der Waals surface area (Å²) in [5, 5.41) is 0. The Balaban J connectivity index is 1.84. The summed E-state index contributed by atoms with van der Waals surface area (Å²) in [6.07, 6.45) is 5.34. The van der Waals surface area contributed by atoms with Gasteiger partial charge in [0.15, 0.2) is 0 Å². The second-order valence-electron chi connectivity index (χ2n) is 6.67. The summed E-state index contributed by atoms with van der Waals surface area (Å²) in [7, 11) is 0. The van der Waals surface area contributed by atoms with Gasteiger partial charge < -0.3 is 4.74 Å². The van der Waals surface area contributed by atoms with Crippen LogP contribution in [0.15, 0.2) is 29.2 Å². The van der Waals surface area contributed by atoms with Crippen LogP contribution in [0.25, 0.3) is 0 Å². The van der Waals surface area contributed by atoms with Gasteiger partial charge in [-0.25, -0.2) is 0 Å². The van der Waals surface area contributed by atoms with Crippen molar-refractivity contribution in [1.82, 2.24) is 0 Å². The van der Waals surface area contributed by atoms with Crippen LogP contribution in [0.4, 0.5) is 0 Å². The van der Waals surface area contributed by atoms with E-state index in [2.05, 4.69) is 26.5 Å². The van der Waals surface area contributed by atoms with Crippen molar-refractivity contribution in [3.8, 4) is 0 Å². The third-order valence-corrected chi connectivity index (χ3v) is 5.51. The minimum Gasteiger partial charge on any atom is -0.458 e. The predicted octanol–water partition coefficient (Wildman–Crippen LogP) is 5.43. The topological polar surface area (TPSA) is 26.3 Å². The fraction of sp³-hybridized carbons (Fsp3) is 0.632. The molecule has 0 saturated heterocycles. The number of carbonyl (C=O) groups is 1. The number of carbonyl (C=O) groups excluding carboxylic acids is 1. The van der Waals surface area contributed by atoms with Gasteiger partial charge in [0, 0.05) is 4.90 Å². The Labute approximate surface area is 140 Å². The van der Waals surface area contributed by atoms with E-state index in [1.807, 2.05) is 31.2 Å². The lowest BCUT2D eigenvalue weighted by Gasteiger charge is -2.31.